The number of amidine groups is 1. The second-order valence-corrected chi connectivity index (χ2v) is 9.18. The molecule has 8 heteroatoms. The van der Waals surface area contributed by atoms with Gasteiger partial charge < -0.3 is 10.2 Å². The lowest BCUT2D eigenvalue weighted by Gasteiger charge is -2.17. The van der Waals surface area contributed by atoms with Crippen LogP contribution in [0.2, 0.25) is 0 Å². The van der Waals surface area contributed by atoms with E-state index in [1.54, 1.807) is 36.5 Å². The molecule has 0 aliphatic carbocycles. The largest absolute Gasteiger partial charge is 0.362 e. The van der Waals surface area contributed by atoms with Crippen LogP contribution < -0.4 is 5.32 Å². The Morgan fingerprint density at radius 2 is 1.90 bits per heavy atom. The first-order chi connectivity index (χ1) is 14.9. The molecule has 4 rings (SSSR count). The molecule has 1 saturated heterocycles. The number of fused-ring (bicyclic) bond motifs is 1. The van der Waals surface area contributed by atoms with Crippen molar-refractivity contribution < 1.29 is 13.2 Å². The second kappa shape index (κ2) is 8.85. The molecule has 0 radical (unpaired) electrons. The van der Waals surface area contributed by atoms with Gasteiger partial charge in [-0.05, 0) is 49.2 Å². The normalized spacial score (nSPS) is 16.3. The van der Waals surface area contributed by atoms with Crippen LogP contribution >= 0.6 is 0 Å². The number of nitrogens with one attached hydrogen (secondary N) is 1. The highest BCUT2D eigenvalue weighted by Crippen LogP contribution is 2.22. The molecule has 0 bridgehead atoms. The number of nitrogens with zero attached hydrogens (tertiary/aromatic N) is 3. The van der Waals surface area contributed by atoms with E-state index in [1.165, 1.54) is 12.1 Å². The van der Waals surface area contributed by atoms with Gasteiger partial charge in [-0.1, -0.05) is 24.6 Å². The van der Waals surface area contributed by atoms with Gasteiger partial charge in [0.05, 0.1) is 10.4 Å². The maximum Gasteiger partial charge on any atom is 0.284 e. The molecule has 1 aliphatic heterocycles. The van der Waals surface area contributed by atoms with Crippen LogP contribution in [0.1, 0.15) is 36.0 Å². The average Bonchev–Trinajstić information content (AvgIpc) is 2.97. The Kier molecular flexibility index (Phi) is 5.99. The number of carbonyl (C=O) groups is 1. The molecule has 1 amide bonds. The van der Waals surface area contributed by atoms with E-state index in [0.29, 0.717) is 23.5 Å². The molecule has 0 spiro atoms. The van der Waals surface area contributed by atoms with E-state index < -0.39 is 10.0 Å². The maximum atomic E-state index is 12.9. The molecule has 0 atom stereocenters. The number of sulfonamides is 1. The molecule has 1 fully saturated rings. The SMILES string of the molecule is CN1CCCCCC1=NS(=O)(=O)c1cccc(NC(=O)c2cccc3ncccc23)c1. The number of hydrogen-bond acceptors (Lipinski definition) is 4. The molecule has 0 unspecified atom stereocenters. The zero-order valence-electron chi connectivity index (χ0n) is 17.3. The number of rotatable bonds is 4. The van der Waals surface area contributed by atoms with Gasteiger partial charge in [0, 0.05) is 42.8 Å². The molecule has 1 aliphatic rings. The summed E-state index contributed by atoms with van der Waals surface area (Å²) >= 11 is 0. The van der Waals surface area contributed by atoms with Gasteiger partial charge in [0.25, 0.3) is 15.9 Å². The highest BCUT2D eigenvalue weighted by Gasteiger charge is 2.19. The summed E-state index contributed by atoms with van der Waals surface area (Å²) < 4.78 is 29.9. The van der Waals surface area contributed by atoms with Crippen molar-refractivity contribution in [1.29, 1.82) is 0 Å². The molecule has 0 saturated carbocycles. The maximum absolute atomic E-state index is 12.9. The van der Waals surface area contributed by atoms with Crippen molar-refractivity contribution in [2.24, 2.45) is 4.40 Å². The molecular formula is C23H24N4O3S. The lowest BCUT2D eigenvalue weighted by atomic mass is 10.1. The van der Waals surface area contributed by atoms with E-state index in [-0.39, 0.29) is 10.8 Å². The highest BCUT2D eigenvalue weighted by molar-refractivity contribution is 7.90. The summed E-state index contributed by atoms with van der Waals surface area (Å²) in [5.41, 5.74) is 1.58. The number of anilines is 1. The van der Waals surface area contributed by atoms with Crippen LogP contribution in [0.15, 0.2) is 70.1 Å². The van der Waals surface area contributed by atoms with Crippen LogP contribution in [-0.4, -0.2) is 43.6 Å². The van der Waals surface area contributed by atoms with Gasteiger partial charge >= 0.3 is 0 Å². The van der Waals surface area contributed by atoms with Gasteiger partial charge in [-0.2, -0.15) is 8.42 Å². The number of amides is 1. The van der Waals surface area contributed by atoms with Crippen molar-refractivity contribution in [2.75, 3.05) is 18.9 Å². The van der Waals surface area contributed by atoms with Gasteiger partial charge in [0.1, 0.15) is 5.84 Å². The van der Waals surface area contributed by atoms with Gasteiger partial charge in [0.2, 0.25) is 0 Å². The van der Waals surface area contributed by atoms with Crippen molar-refractivity contribution in [1.82, 2.24) is 9.88 Å². The zero-order chi connectivity index (χ0) is 21.8. The number of likely N-dealkylation sites (tertiary alicyclic amines) is 1. The monoisotopic (exact) mass is 436 g/mol. The van der Waals surface area contributed by atoms with Crippen molar-refractivity contribution in [3.63, 3.8) is 0 Å². The molecule has 2 heterocycles. The summed E-state index contributed by atoms with van der Waals surface area (Å²) in [6, 6.07) is 15.1. The summed E-state index contributed by atoms with van der Waals surface area (Å²) in [5, 5.41) is 3.53. The molecular weight excluding hydrogens is 412 g/mol. The third-order valence-electron chi connectivity index (χ3n) is 5.34. The topological polar surface area (TPSA) is 91.7 Å². The van der Waals surface area contributed by atoms with Gasteiger partial charge in [-0.3, -0.25) is 9.78 Å². The number of pyridine rings is 1. The van der Waals surface area contributed by atoms with Crippen LogP contribution in [0.4, 0.5) is 5.69 Å². The molecule has 160 valence electrons. The van der Waals surface area contributed by atoms with Crippen molar-refractivity contribution in [3.8, 4) is 0 Å². The van der Waals surface area contributed by atoms with E-state index in [1.807, 2.05) is 24.1 Å². The minimum Gasteiger partial charge on any atom is -0.362 e. The summed E-state index contributed by atoms with van der Waals surface area (Å²) in [6.45, 7) is 0.796. The second-order valence-electron chi connectivity index (χ2n) is 7.57. The minimum atomic E-state index is -3.88. The quantitative estimate of drug-likeness (QED) is 0.665. The van der Waals surface area contributed by atoms with Crippen molar-refractivity contribution >= 4 is 38.4 Å². The number of benzene rings is 2. The Morgan fingerprint density at radius 1 is 1.06 bits per heavy atom. The molecule has 1 aromatic heterocycles. The molecule has 1 N–H and O–H groups in total. The predicted octanol–water partition coefficient (Wildman–Crippen LogP) is 4.08. The first-order valence-electron chi connectivity index (χ1n) is 10.2. The summed E-state index contributed by atoms with van der Waals surface area (Å²) in [7, 11) is -2.01. The third-order valence-corrected chi connectivity index (χ3v) is 6.64. The van der Waals surface area contributed by atoms with E-state index in [9.17, 15) is 13.2 Å². The smallest absolute Gasteiger partial charge is 0.284 e. The summed E-state index contributed by atoms with van der Waals surface area (Å²) in [5.74, 6) is 0.248. The first kappa shape index (κ1) is 21.0. The fourth-order valence-electron chi connectivity index (χ4n) is 3.67. The van der Waals surface area contributed by atoms with Crippen LogP contribution in [0.3, 0.4) is 0 Å². The van der Waals surface area contributed by atoms with Crippen LogP contribution in [-0.2, 0) is 10.0 Å². The Bertz CT molecular complexity index is 1250. The standard InChI is InChI=1S/C23H24N4O3S/c1-27-15-4-2-3-13-22(27)26-31(29,30)18-9-5-8-17(16-18)25-23(28)20-10-6-12-21-19(20)11-7-14-24-21/h5-12,14,16H,2-4,13,15H2,1H3,(H,25,28). The van der Waals surface area contributed by atoms with Gasteiger partial charge in [0.15, 0.2) is 0 Å². The molecule has 2 aromatic carbocycles. The van der Waals surface area contributed by atoms with Crippen LogP contribution in [0.5, 0.6) is 0 Å². The average molecular weight is 437 g/mol. The minimum absolute atomic E-state index is 0.0510. The molecule has 3 aromatic rings. The van der Waals surface area contributed by atoms with Crippen molar-refractivity contribution in [3.05, 3.63) is 66.4 Å². The highest BCUT2D eigenvalue weighted by atomic mass is 32.2. The van der Waals surface area contributed by atoms with Crippen molar-refractivity contribution in [2.45, 2.75) is 30.6 Å². The van der Waals surface area contributed by atoms with Crippen LogP contribution in [0, 0.1) is 0 Å². The Labute approximate surface area is 181 Å². The Morgan fingerprint density at radius 3 is 2.77 bits per heavy atom. The van der Waals surface area contributed by atoms with E-state index in [4.69, 9.17) is 0 Å². The van der Waals surface area contributed by atoms with Gasteiger partial charge in [-0.15, -0.1) is 4.40 Å². The molecule has 7 nitrogen and oxygen atoms in total. The Balaban J connectivity index is 1.60. The first-order valence-corrected chi connectivity index (χ1v) is 11.7. The lowest BCUT2D eigenvalue weighted by molar-refractivity contribution is 0.102. The van der Waals surface area contributed by atoms with Crippen LogP contribution in [0.25, 0.3) is 10.9 Å². The number of carbonyl (C=O) groups excluding carboxylic acids is 1. The predicted molar refractivity (Wildman–Crippen MR) is 122 cm³/mol. The summed E-state index contributed by atoms with van der Waals surface area (Å²) in [4.78, 5) is 19.1. The molecule has 31 heavy (non-hydrogen) atoms. The van der Waals surface area contributed by atoms with E-state index >= 15 is 0 Å². The number of hydrogen-bond donors (Lipinski definition) is 1. The fourth-order valence-corrected chi connectivity index (χ4v) is 4.81. The van der Waals surface area contributed by atoms with E-state index in [2.05, 4.69) is 14.7 Å². The van der Waals surface area contributed by atoms with Gasteiger partial charge in [-0.25, -0.2) is 0 Å². The lowest BCUT2D eigenvalue weighted by Crippen LogP contribution is -2.26. The number of aromatic nitrogens is 1. The third kappa shape index (κ3) is 4.74. The summed E-state index contributed by atoms with van der Waals surface area (Å²) in [6.07, 6.45) is 5.33. The van der Waals surface area contributed by atoms with E-state index in [0.717, 1.165) is 36.7 Å². The zero-order valence-corrected chi connectivity index (χ0v) is 18.1. The fraction of sp³-hybridized carbons (Fsp3) is 0.261. The Hall–Kier alpha value is -3.26.